The minimum Gasteiger partial charge on any atom is -0.494 e. The molecule has 0 bridgehead atoms. The van der Waals surface area contributed by atoms with E-state index in [1.165, 1.54) is 18.1 Å². The van der Waals surface area contributed by atoms with Gasteiger partial charge in [-0.15, -0.1) is 0 Å². The monoisotopic (exact) mass is 390 g/mol. The van der Waals surface area contributed by atoms with E-state index in [1.54, 1.807) is 48.3 Å². The number of rotatable bonds is 6. The number of amides is 2. The van der Waals surface area contributed by atoms with E-state index in [0.29, 0.717) is 17.1 Å². The Morgan fingerprint density at radius 3 is 2.48 bits per heavy atom. The van der Waals surface area contributed by atoms with Crippen molar-refractivity contribution in [2.45, 2.75) is 25.6 Å². The fourth-order valence-electron chi connectivity index (χ4n) is 3.15. The topological polar surface area (TPSA) is 49.9 Å². The van der Waals surface area contributed by atoms with Crippen LogP contribution in [0.3, 0.4) is 0 Å². The molecular formula is C20H20ClFN2O3. The van der Waals surface area contributed by atoms with Crippen LogP contribution in [0.15, 0.2) is 42.5 Å². The minimum atomic E-state index is -0.560. The molecule has 1 saturated heterocycles. The second-order valence-corrected chi connectivity index (χ2v) is 6.98. The van der Waals surface area contributed by atoms with Crippen LogP contribution in [0.2, 0.25) is 5.02 Å². The molecule has 142 valence electrons. The van der Waals surface area contributed by atoms with Crippen LogP contribution in [-0.2, 0) is 22.7 Å². The van der Waals surface area contributed by atoms with Crippen molar-refractivity contribution in [3.63, 3.8) is 0 Å². The molecule has 1 heterocycles. The highest BCUT2D eigenvalue weighted by atomic mass is 35.5. The number of nitrogens with zero attached hydrogens (tertiary/aromatic N) is 2. The van der Waals surface area contributed by atoms with Crippen LogP contribution in [-0.4, -0.2) is 41.8 Å². The van der Waals surface area contributed by atoms with Gasteiger partial charge in [-0.25, -0.2) is 4.39 Å². The first-order valence-electron chi connectivity index (χ1n) is 8.50. The van der Waals surface area contributed by atoms with E-state index >= 15 is 0 Å². The molecule has 0 spiro atoms. The lowest BCUT2D eigenvalue weighted by molar-refractivity contribution is -0.140. The van der Waals surface area contributed by atoms with E-state index in [4.69, 9.17) is 16.3 Å². The maximum absolute atomic E-state index is 13.9. The van der Waals surface area contributed by atoms with E-state index in [2.05, 4.69) is 0 Å². The number of benzene rings is 2. The molecular weight excluding hydrogens is 371 g/mol. The molecule has 2 aromatic rings. The smallest absolute Gasteiger partial charge is 0.247 e. The molecule has 0 N–H and O–H groups in total. The summed E-state index contributed by atoms with van der Waals surface area (Å²) in [6, 6.07) is 11.1. The van der Waals surface area contributed by atoms with E-state index in [1.807, 2.05) is 0 Å². The largest absolute Gasteiger partial charge is 0.494 e. The van der Waals surface area contributed by atoms with Gasteiger partial charge in [-0.05, 0) is 42.4 Å². The Labute approximate surface area is 162 Å². The van der Waals surface area contributed by atoms with Gasteiger partial charge in [0.25, 0.3) is 0 Å². The average molecular weight is 391 g/mol. The first-order valence-corrected chi connectivity index (χ1v) is 8.88. The second kappa shape index (κ2) is 8.06. The second-order valence-electron chi connectivity index (χ2n) is 6.55. The Kier molecular flexibility index (Phi) is 5.77. The van der Waals surface area contributed by atoms with Crippen LogP contribution in [0.4, 0.5) is 4.39 Å². The Balaban J connectivity index is 1.68. The van der Waals surface area contributed by atoms with Gasteiger partial charge in [-0.3, -0.25) is 19.4 Å². The molecule has 2 aromatic carbocycles. The molecule has 1 fully saturated rings. The number of carbonyl (C=O) groups is 2. The highest BCUT2D eigenvalue weighted by Crippen LogP contribution is 2.24. The maximum Gasteiger partial charge on any atom is 0.247 e. The zero-order valence-corrected chi connectivity index (χ0v) is 15.9. The van der Waals surface area contributed by atoms with E-state index in [0.717, 1.165) is 5.56 Å². The summed E-state index contributed by atoms with van der Waals surface area (Å²) in [7, 11) is 3.16. The highest BCUT2D eigenvalue weighted by Gasteiger charge is 2.40. The summed E-state index contributed by atoms with van der Waals surface area (Å²) in [6.07, 6.45) is 0.113. The maximum atomic E-state index is 13.9. The van der Waals surface area contributed by atoms with Gasteiger partial charge in [0.2, 0.25) is 11.8 Å². The zero-order chi connectivity index (χ0) is 19.6. The van der Waals surface area contributed by atoms with Crippen molar-refractivity contribution in [3.05, 3.63) is 64.4 Å². The summed E-state index contributed by atoms with van der Waals surface area (Å²) in [4.78, 5) is 28.1. The third-order valence-electron chi connectivity index (χ3n) is 4.65. The molecule has 3 rings (SSSR count). The van der Waals surface area contributed by atoms with Gasteiger partial charge in [0.05, 0.1) is 26.1 Å². The number of likely N-dealkylation sites (N-methyl/N-ethyl adjacent to an activating group) is 1. The summed E-state index contributed by atoms with van der Waals surface area (Å²) < 4.78 is 18.8. The number of halogens is 2. The summed E-state index contributed by atoms with van der Waals surface area (Å²) in [6.45, 7) is 0.565. The fraction of sp³-hybridized carbons (Fsp3) is 0.300. The van der Waals surface area contributed by atoms with Crippen molar-refractivity contribution in [3.8, 4) is 5.75 Å². The normalized spacial score (nSPS) is 17.1. The molecule has 0 aliphatic carbocycles. The van der Waals surface area contributed by atoms with Crippen molar-refractivity contribution >= 4 is 23.4 Å². The number of hydrogen-bond donors (Lipinski definition) is 0. The summed E-state index contributed by atoms with van der Waals surface area (Å²) in [5, 5.41) is 0.599. The fourth-order valence-corrected chi connectivity index (χ4v) is 3.28. The van der Waals surface area contributed by atoms with Gasteiger partial charge in [0.15, 0.2) is 11.6 Å². The molecule has 0 saturated carbocycles. The SMILES string of the molecule is COc1ccc(CN(C)[C@H]2CC(=O)N(Cc3ccc(Cl)cc3)C2=O)cc1F. The Morgan fingerprint density at radius 1 is 1.19 bits per heavy atom. The van der Waals surface area contributed by atoms with Crippen LogP contribution in [0.5, 0.6) is 5.75 Å². The molecule has 2 amide bonds. The van der Waals surface area contributed by atoms with Crippen LogP contribution in [0.1, 0.15) is 17.5 Å². The van der Waals surface area contributed by atoms with E-state index < -0.39 is 11.9 Å². The Bertz CT molecular complexity index is 857. The summed E-state index contributed by atoms with van der Waals surface area (Å²) >= 11 is 5.87. The Hall–Kier alpha value is -2.44. The van der Waals surface area contributed by atoms with Gasteiger partial charge in [-0.1, -0.05) is 29.8 Å². The lowest BCUT2D eigenvalue weighted by Crippen LogP contribution is -2.39. The minimum absolute atomic E-state index is 0.113. The van der Waals surface area contributed by atoms with Gasteiger partial charge in [-0.2, -0.15) is 0 Å². The van der Waals surface area contributed by atoms with Gasteiger partial charge in [0, 0.05) is 11.6 Å². The molecule has 1 aliphatic heterocycles. The molecule has 0 unspecified atom stereocenters. The lowest BCUT2D eigenvalue weighted by Gasteiger charge is -2.23. The summed E-state index contributed by atoms with van der Waals surface area (Å²) in [5.41, 5.74) is 1.54. The number of hydrogen-bond acceptors (Lipinski definition) is 4. The van der Waals surface area contributed by atoms with Gasteiger partial charge < -0.3 is 4.74 Å². The van der Waals surface area contributed by atoms with Crippen LogP contribution >= 0.6 is 11.6 Å². The number of ether oxygens (including phenoxy) is 1. The molecule has 7 heteroatoms. The predicted octanol–water partition coefficient (Wildman–Crippen LogP) is 3.25. The summed E-state index contributed by atoms with van der Waals surface area (Å²) in [5.74, 6) is -0.747. The van der Waals surface area contributed by atoms with Crippen LogP contribution in [0.25, 0.3) is 0 Å². The van der Waals surface area contributed by atoms with Crippen molar-refractivity contribution in [2.24, 2.45) is 0 Å². The highest BCUT2D eigenvalue weighted by molar-refractivity contribution is 6.30. The third-order valence-corrected chi connectivity index (χ3v) is 4.91. The van der Waals surface area contributed by atoms with Crippen LogP contribution < -0.4 is 4.74 Å². The predicted molar refractivity (Wildman–Crippen MR) is 99.8 cm³/mol. The zero-order valence-electron chi connectivity index (χ0n) is 15.1. The standard InChI is InChI=1S/C20H20ClFN2O3/c1-23(11-14-5-8-18(27-2)16(22)9-14)17-10-19(25)24(20(17)26)12-13-3-6-15(21)7-4-13/h3-9,17H,10-12H2,1-2H3/t17-/m0/s1. The molecule has 0 radical (unpaired) electrons. The van der Waals surface area contributed by atoms with Crippen molar-refractivity contribution in [1.29, 1.82) is 0 Å². The lowest BCUT2D eigenvalue weighted by atomic mass is 10.1. The quantitative estimate of drug-likeness (QED) is 0.710. The molecule has 1 aliphatic rings. The number of carbonyl (C=O) groups excluding carboxylic acids is 2. The van der Waals surface area contributed by atoms with E-state index in [-0.39, 0.29) is 30.5 Å². The van der Waals surface area contributed by atoms with Crippen molar-refractivity contribution < 1.29 is 18.7 Å². The van der Waals surface area contributed by atoms with Crippen LogP contribution in [0, 0.1) is 5.82 Å². The third kappa shape index (κ3) is 4.28. The number of methoxy groups -OCH3 is 1. The number of imide groups is 1. The molecule has 1 atom stereocenters. The molecule has 0 aromatic heterocycles. The first-order chi connectivity index (χ1) is 12.9. The van der Waals surface area contributed by atoms with E-state index in [9.17, 15) is 14.0 Å². The van der Waals surface area contributed by atoms with Crippen molar-refractivity contribution in [1.82, 2.24) is 9.80 Å². The first kappa shape index (κ1) is 19.3. The number of likely N-dealkylation sites (tertiary alicyclic amines) is 1. The Morgan fingerprint density at radius 2 is 1.85 bits per heavy atom. The molecule has 27 heavy (non-hydrogen) atoms. The van der Waals surface area contributed by atoms with Gasteiger partial charge >= 0.3 is 0 Å². The average Bonchev–Trinajstić information content (AvgIpc) is 2.92. The van der Waals surface area contributed by atoms with Gasteiger partial charge in [0.1, 0.15) is 0 Å². The van der Waals surface area contributed by atoms with Crippen molar-refractivity contribution in [2.75, 3.05) is 14.2 Å². The molecule has 5 nitrogen and oxygen atoms in total.